The van der Waals surface area contributed by atoms with Crippen LogP contribution in [0.2, 0.25) is 0 Å². The van der Waals surface area contributed by atoms with Gasteiger partial charge < -0.3 is 14.1 Å². The number of hydrogen-bond acceptors (Lipinski definition) is 4. The lowest BCUT2D eigenvalue weighted by atomic mass is 9.80. The summed E-state index contributed by atoms with van der Waals surface area (Å²) >= 11 is 0. The minimum absolute atomic E-state index is 0.0340. The van der Waals surface area contributed by atoms with Gasteiger partial charge in [-0.2, -0.15) is 13.2 Å². The van der Waals surface area contributed by atoms with Gasteiger partial charge in [-0.05, 0) is 98.2 Å². The van der Waals surface area contributed by atoms with Gasteiger partial charge in [0.2, 0.25) is 5.76 Å². The highest BCUT2D eigenvalue weighted by Gasteiger charge is 2.35. The van der Waals surface area contributed by atoms with Crippen molar-refractivity contribution in [2.75, 3.05) is 7.11 Å². The first kappa shape index (κ1) is 32.7. The third-order valence-electron chi connectivity index (χ3n) is 8.33. The maximum atomic E-state index is 14.1. The van der Waals surface area contributed by atoms with Crippen LogP contribution in [0, 0.1) is 20.8 Å². The zero-order valence-corrected chi connectivity index (χ0v) is 26.2. The Bertz CT molecular complexity index is 1670. The molecule has 0 aliphatic heterocycles. The van der Waals surface area contributed by atoms with Crippen LogP contribution in [-0.2, 0) is 40.8 Å². The molecule has 0 bridgehead atoms. The number of ether oxygens (including phenoxy) is 1. The molecule has 0 saturated heterocycles. The number of methoxy groups -OCH3 is 1. The Morgan fingerprint density at radius 3 is 2.14 bits per heavy atom. The number of carbonyl (C=O) groups excluding carboxylic acids is 2. The molecule has 1 heterocycles. The highest BCUT2D eigenvalue weighted by molar-refractivity contribution is 5.97. The van der Waals surface area contributed by atoms with Crippen molar-refractivity contribution in [2.24, 2.45) is 0 Å². The smallest absolute Gasteiger partial charge is 0.449 e. The molecule has 0 aliphatic carbocycles. The van der Waals surface area contributed by atoms with E-state index < -0.39 is 17.4 Å². The predicted molar refractivity (Wildman–Crippen MR) is 164 cm³/mol. The van der Waals surface area contributed by atoms with Gasteiger partial charge in [0, 0.05) is 24.6 Å². The highest BCUT2D eigenvalue weighted by Crippen LogP contribution is 2.33. The molecule has 0 saturated carbocycles. The number of nitrogens with zero attached hydrogens (tertiary/aromatic N) is 1. The summed E-state index contributed by atoms with van der Waals surface area (Å²) in [6.07, 6.45) is -4.63. The minimum Gasteiger partial charge on any atom is -0.455 e. The second kappa shape index (κ2) is 12.8. The lowest BCUT2D eigenvalue weighted by Gasteiger charge is -2.25. The Hall–Kier alpha value is -4.17. The first-order valence-electron chi connectivity index (χ1n) is 14.4. The maximum absolute atomic E-state index is 14.1. The summed E-state index contributed by atoms with van der Waals surface area (Å²) in [4.78, 5) is 27.8. The molecule has 3 aromatic carbocycles. The van der Waals surface area contributed by atoms with Gasteiger partial charge in [-0.3, -0.25) is 9.59 Å². The quantitative estimate of drug-likeness (QED) is 0.181. The molecule has 0 N–H and O–H groups in total. The average molecular weight is 606 g/mol. The molecule has 0 fully saturated rings. The van der Waals surface area contributed by atoms with Crippen LogP contribution in [0.5, 0.6) is 0 Å². The SMILES string of the molecule is COCc1c(C)cc(C)c(C(=O)N(Cc2ccc(-c3cccc(C(C)(C)C(C)=O)c3)cc2)Cc2ccc(C(F)(F)F)o2)c1C. The minimum atomic E-state index is -4.63. The fourth-order valence-electron chi connectivity index (χ4n) is 5.40. The van der Waals surface area contributed by atoms with Crippen molar-refractivity contribution in [3.05, 3.63) is 117 Å². The average Bonchev–Trinajstić information content (AvgIpc) is 3.44. The van der Waals surface area contributed by atoms with Crippen molar-refractivity contribution in [3.8, 4) is 11.1 Å². The topological polar surface area (TPSA) is 59.8 Å². The molecule has 1 aromatic heterocycles. The van der Waals surface area contributed by atoms with E-state index >= 15 is 0 Å². The summed E-state index contributed by atoms with van der Waals surface area (Å²) < 4.78 is 50.3. The van der Waals surface area contributed by atoms with E-state index in [1.54, 1.807) is 14.0 Å². The van der Waals surface area contributed by atoms with Crippen LogP contribution in [0.15, 0.2) is 71.1 Å². The molecule has 0 spiro atoms. The van der Waals surface area contributed by atoms with Gasteiger partial charge in [0.15, 0.2) is 0 Å². The monoisotopic (exact) mass is 605 g/mol. The molecule has 1 amide bonds. The summed E-state index contributed by atoms with van der Waals surface area (Å²) in [6.45, 7) is 11.4. The number of benzene rings is 3. The number of hydrogen-bond donors (Lipinski definition) is 0. The molecular weight excluding hydrogens is 567 g/mol. The molecule has 8 heteroatoms. The molecule has 44 heavy (non-hydrogen) atoms. The van der Waals surface area contributed by atoms with Crippen LogP contribution in [0.1, 0.15) is 76.0 Å². The molecule has 4 aromatic rings. The number of halogens is 3. The number of Topliss-reactive ketones (excluding diaryl/α,β-unsaturated/α-hetero) is 1. The number of rotatable bonds is 10. The lowest BCUT2D eigenvalue weighted by molar-refractivity contribution is -0.153. The summed E-state index contributed by atoms with van der Waals surface area (Å²) in [5.74, 6) is -1.32. The van der Waals surface area contributed by atoms with Crippen molar-refractivity contribution in [1.29, 1.82) is 0 Å². The summed E-state index contributed by atoms with van der Waals surface area (Å²) in [5, 5.41) is 0. The fourth-order valence-corrected chi connectivity index (χ4v) is 5.40. The van der Waals surface area contributed by atoms with Crippen LogP contribution in [0.25, 0.3) is 11.1 Å². The van der Waals surface area contributed by atoms with Crippen LogP contribution in [0.3, 0.4) is 0 Å². The molecule has 5 nitrogen and oxygen atoms in total. The Balaban J connectivity index is 1.69. The zero-order chi connectivity index (χ0) is 32.4. The van der Waals surface area contributed by atoms with E-state index in [0.29, 0.717) is 12.2 Å². The van der Waals surface area contributed by atoms with Gasteiger partial charge in [0.25, 0.3) is 5.91 Å². The number of aryl methyl sites for hydroxylation is 2. The zero-order valence-electron chi connectivity index (χ0n) is 26.2. The second-order valence-electron chi connectivity index (χ2n) is 11.8. The standard InChI is InChI=1S/C36H38F3NO4/c1-22-17-23(2)33(24(3)31(22)21-43-7)34(42)40(20-30-15-16-32(44-30)36(37,38)39)19-26-11-13-27(14-12-26)28-9-8-10-29(18-28)35(5,6)25(4)41/h8-18H,19-21H2,1-7H3. The lowest BCUT2D eigenvalue weighted by Crippen LogP contribution is -2.31. The van der Waals surface area contributed by atoms with E-state index in [2.05, 4.69) is 0 Å². The molecule has 4 rings (SSSR count). The van der Waals surface area contributed by atoms with Gasteiger partial charge in [-0.25, -0.2) is 0 Å². The largest absolute Gasteiger partial charge is 0.455 e. The van der Waals surface area contributed by atoms with Crippen LogP contribution < -0.4 is 0 Å². The van der Waals surface area contributed by atoms with Gasteiger partial charge in [-0.15, -0.1) is 0 Å². The number of amides is 1. The predicted octanol–water partition coefficient (Wildman–Crippen LogP) is 8.75. The van der Waals surface area contributed by atoms with Crippen LogP contribution in [-0.4, -0.2) is 23.7 Å². The highest BCUT2D eigenvalue weighted by atomic mass is 19.4. The molecule has 0 radical (unpaired) electrons. The molecule has 0 aliphatic rings. The van der Waals surface area contributed by atoms with Crippen molar-refractivity contribution in [1.82, 2.24) is 4.90 Å². The first-order chi connectivity index (χ1) is 20.6. The van der Waals surface area contributed by atoms with Gasteiger partial charge in [-0.1, -0.05) is 54.6 Å². The van der Waals surface area contributed by atoms with E-state index in [4.69, 9.17) is 9.15 Å². The Morgan fingerprint density at radius 1 is 0.864 bits per heavy atom. The number of ketones is 1. The van der Waals surface area contributed by atoms with E-state index in [-0.39, 0.29) is 30.5 Å². The van der Waals surface area contributed by atoms with E-state index in [1.807, 2.05) is 89.2 Å². The van der Waals surface area contributed by atoms with Crippen molar-refractivity contribution >= 4 is 11.7 Å². The summed E-state index contributed by atoms with van der Waals surface area (Å²) in [7, 11) is 1.59. The Labute approximate surface area is 256 Å². The van der Waals surface area contributed by atoms with Crippen molar-refractivity contribution in [2.45, 2.75) is 72.8 Å². The van der Waals surface area contributed by atoms with Gasteiger partial charge in [0.1, 0.15) is 11.5 Å². The van der Waals surface area contributed by atoms with E-state index in [9.17, 15) is 22.8 Å². The third kappa shape index (κ3) is 6.97. The van der Waals surface area contributed by atoms with Crippen molar-refractivity contribution < 1.29 is 31.9 Å². The van der Waals surface area contributed by atoms with Crippen LogP contribution in [0.4, 0.5) is 13.2 Å². The first-order valence-corrected chi connectivity index (χ1v) is 14.4. The van der Waals surface area contributed by atoms with Gasteiger partial charge in [0.05, 0.1) is 13.2 Å². The Kier molecular flexibility index (Phi) is 9.54. The van der Waals surface area contributed by atoms with Gasteiger partial charge >= 0.3 is 6.18 Å². The van der Waals surface area contributed by atoms with Crippen LogP contribution >= 0.6 is 0 Å². The molecule has 232 valence electrons. The van der Waals surface area contributed by atoms with E-state index in [1.165, 1.54) is 11.0 Å². The molecule has 0 unspecified atom stereocenters. The number of alkyl halides is 3. The summed E-state index contributed by atoms with van der Waals surface area (Å²) in [5.41, 5.74) is 6.91. The summed E-state index contributed by atoms with van der Waals surface area (Å²) in [6, 6.07) is 19.6. The maximum Gasteiger partial charge on any atom is 0.449 e. The normalized spacial score (nSPS) is 12.0. The number of furan rings is 1. The Morgan fingerprint density at radius 2 is 1.55 bits per heavy atom. The molecule has 0 atom stereocenters. The number of carbonyl (C=O) groups is 2. The van der Waals surface area contributed by atoms with E-state index in [0.717, 1.165) is 50.6 Å². The second-order valence-corrected chi connectivity index (χ2v) is 11.8. The van der Waals surface area contributed by atoms with Crippen molar-refractivity contribution in [3.63, 3.8) is 0 Å². The fraction of sp³-hybridized carbons (Fsp3) is 0.333. The third-order valence-corrected chi connectivity index (χ3v) is 8.33. The molecular formula is C36H38F3NO4.